The van der Waals surface area contributed by atoms with Gasteiger partial charge in [0.2, 0.25) is 0 Å². The number of piperazine rings is 1. The fraction of sp³-hybridized carbons (Fsp3) is 0.364. The molecule has 1 aliphatic heterocycles. The van der Waals surface area contributed by atoms with Gasteiger partial charge in [0.1, 0.15) is 0 Å². The number of nitrogens with one attached hydrogen (secondary N) is 1. The molecule has 1 aliphatic rings. The number of halogens is 3. The van der Waals surface area contributed by atoms with Crippen LogP contribution in [-0.4, -0.2) is 54.2 Å². The molecule has 164 valence electrons. The SMILES string of the molecule is CNc1cccc2ncn(CCN3CCN(c4ccc(C(F)(F)F)cc4)CC3)c(=O)c12. The average Bonchev–Trinajstić information content (AvgIpc) is 2.78. The van der Waals surface area contributed by atoms with Crippen molar-refractivity contribution in [1.82, 2.24) is 14.5 Å². The standard InChI is InChI=1S/C22H24F3N5O/c1-26-18-3-2-4-19-20(18)21(31)30(15-27-19)14-11-28-9-12-29(13-10-28)17-7-5-16(6-8-17)22(23,24)25/h2-8,15,26H,9-14H2,1H3. The first-order chi connectivity index (χ1) is 14.9. The normalized spacial score (nSPS) is 15.4. The maximum absolute atomic E-state index is 12.9. The minimum absolute atomic E-state index is 0.0710. The van der Waals surface area contributed by atoms with Crippen LogP contribution in [0.1, 0.15) is 5.56 Å². The fourth-order valence-electron chi connectivity index (χ4n) is 3.91. The largest absolute Gasteiger partial charge is 0.416 e. The molecule has 0 aliphatic carbocycles. The molecular formula is C22H24F3N5O. The smallest absolute Gasteiger partial charge is 0.387 e. The van der Waals surface area contributed by atoms with E-state index in [1.54, 1.807) is 17.9 Å². The zero-order valence-electron chi connectivity index (χ0n) is 17.2. The highest BCUT2D eigenvalue weighted by Crippen LogP contribution is 2.30. The van der Waals surface area contributed by atoms with Gasteiger partial charge in [-0.05, 0) is 36.4 Å². The summed E-state index contributed by atoms with van der Waals surface area (Å²) in [5, 5.41) is 3.63. The summed E-state index contributed by atoms with van der Waals surface area (Å²) in [4.78, 5) is 21.6. The van der Waals surface area contributed by atoms with Gasteiger partial charge in [-0.2, -0.15) is 13.2 Å². The highest BCUT2D eigenvalue weighted by atomic mass is 19.4. The predicted molar refractivity (Wildman–Crippen MR) is 116 cm³/mol. The summed E-state index contributed by atoms with van der Waals surface area (Å²) >= 11 is 0. The molecule has 9 heteroatoms. The molecule has 3 aromatic rings. The van der Waals surface area contributed by atoms with Gasteiger partial charge < -0.3 is 10.2 Å². The Morgan fingerprint density at radius 1 is 1.00 bits per heavy atom. The van der Waals surface area contributed by atoms with Gasteiger partial charge in [0, 0.05) is 57.7 Å². The third-order valence-electron chi connectivity index (χ3n) is 5.71. The first kappa shape index (κ1) is 21.2. The van der Waals surface area contributed by atoms with Crippen LogP contribution < -0.4 is 15.8 Å². The van der Waals surface area contributed by atoms with Crippen LogP contribution in [-0.2, 0) is 12.7 Å². The molecule has 0 bridgehead atoms. The van der Waals surface area contributed by atoms with E-state index in [0.29, 0.717) is 24.0 Å². The van der Waals surface area contributed by atoms with Crippen LogP contribution in [0.15, 0.2) is 53.6 Å². The number of anilines is 2. The highest BCUT2D eigenvalue weighted by molar-refractivity contribution is 5.90. The molecule has 1 fully saturated rings. The Balaban J connectivity index is 1.37. The molecule has 2 aromatic carbocycles. The first-order valence-electron chi connectivity index (χ1n) is 10.2. The zero-order chi connectivity index (χ0) is 22.0. The Morgan fingerprint density at radius 3 is 2.35 bits per heavy atom. The molecule has 1 aromatic heterocycles. The van der Waals surface area contributed by atoms with Gasteiger partial charge in [0.05, 0.1) is 22.8 Å². The highest BCUT2D eigenvalue weighted by Gasteiger charge is 2.30. The Bertz CT molecular complexity index is 1100. The van der Waals surface area contributed by atoms with Crippen molar-refractivity contribution < 1.29 is 13.2 Å². The van der Waals surface area contributed by atoms with Crippen LogP contribution >= 0.6 is 0 Å². The maximum atomic E-state index is 12.9. The molecule has 0 saturated carbocycles. The van der Waals surface area contributed by atoms with E-state index in [-0.39, 0.29) is 5.56 Å². The van der Waals surface area contributed by atoms with Crippen molar-refractivity contribution in [2.45, 2.75) is 12.7 Å². The lowest BCUT2D eigenvalue weighted by Gasteiger charge is -2.36. The number of fused-ring (bicyclic) bond motifs is 1. The Kier molecular flexibility index (Phi) is 5.86. The summed E-state index contributed by atoms with van der Waals surface area (Å²) in [7, 11) is 1.78. The van der Waals surface area contributed by atoms with E-state index in [1.807, 2.05) is 18.2 Å². The molecule has 6 nitrogen and oxygen atoms in total. The molecule has 0 amide bonds. The second-order valence-corrected chi connectivity index (χ2v) is 7.57. The molecule has 0 atom stereocenters. The molecule has 1 N–H and O–H groups in total. The molecular weight excluding hydrogens is 407 g/mol. The third kappa shape index (κ3) is 4.51. The molecule has 0 radical (unpaired) electrons. The molecule has 0 spiro atoms. The Hall–Kier alpha value is -3.07. The van der Waals surface area contributed by atoms with E-state index >= 15 is 0 Å². The van der Waals surface area contributed by atoms with E-state index in [0.717, 1.165) is 49.7 Å². The van der Waals surface area contributed by atoms with Gasteiger partial charge in [0.25, 0.3) is 5.56 Å². The molecule has 2 heterocycles. The van der Waals surface area contributed by atoms with Crippen molar-refractivity contribution in [2.24, 2.45) is 0 Å². The number of nitrogens with zero attached hydrogens (tertiary/aromatic N) is 4. The third-order valence-corrected chi connectivity index (χ3v) is 5.71. The second-order valence-electron chi connectivity index (χ2n) is 7.57. The molecule has 0 unspecified atom stereocenters. The van der Waals surface area contributed by atoms with E-state index in [4.69, 9.17) is 0 Å². The Morgan fingerprint density at radius 2 is 1.71 bits per heavy atom. The van der Waals surface area contributed by atoms with Crippen LogP contribution in [0.2, 0.25) is 0 Å². The summed E-state index contributed by atoms with van der Waals surface area (Å²) in [6.45, 7) is 4.23. The van der Waals surface area contributed by atoms with Crippen molar-refractivity contribution >= 4 is 22.3 Å². The zero-order valence-corrected chi connectivity index (χ0v) is 17.2. The lowest BCUT2D eigenvalue weighted by Crippen LogP contribution is -2.47. The van der Waals surface area contributed by atoms with Gasteiger partial charge in [-0.3, -0.25) is 14.3 Å². The summed E-state index contributed by atoms with van der Waals surface area (Å²) in [6.07, 6.45) is -2.73. The molecule has 31 heavy (non-hydrogen) atoms. The first-order valence-corrected chi connectivity index (χ1v) is 10.2. The van der Waals surface area contributed by atoms with Crippen molar-refractivity contribution in [3.05, 3.63) is 64.7 Å². The predicted octanol–water partition coefficient (Wildman–Crippen LogP) is 3.28. The van der Waals surface area contributed by atoms with Crippen molar-refractivity contribution in [2.75, 3.05) is 50.0 Å². The number of hydrogen-bond acceptors (Lipinski definition) is 5. The summed E-state index contributed by atoms with van der Waals surface area (Å²) < 4.78 is 39.9. The minimum atomic E-state index is -4.32. The van der Waals surface area contributed by atoms with Crippen LogP contribution in [0.5, 0.6) is 0 Å². The van der Waals surface area contributed by atoms with Crippen molar-refractivity contribution in [3.8, 4) is 0 Å². The van der Waals surface area contributed by atoms with Crippen LogP contribution in [0.4, 0.5) is 24.5 Å². The van der Waals surface area contributed by atoms with Gasteiger partial charge >= 0.3 is 6.18 Å². The van der Waals surface area contributed by atoms with Crippen molar-refractivity contribution in [1.29, 1.82) is 0 Å². The number of aromatic nitrogens is 2. The van der Waals surface area contributed by atoms with Gasteiger partial charge in [-0.25, -0.2) is 4.98 Å². The van der Waals surface area contributed by atoms with Crippen molar-refractivity contribution in [3.63, 3.8) is 0 Å². The van der Waals surface area contributed by atoms with Crippen LogP contribution in [0.3, 0.4) is 0 Å². The number of rotatable bonds is 5. The monoisotopic (exact) mass is 431 g/mol. The van der Waals surface area contributed by atoms with Gasteiger partial charge in [-0.1, -0.05) is 6.07 Å². The van der Waals surface area contributed by atoms with Crippen LogP contribution in [0, 0.1) is 0 Å². The molecule has 1 saturated heterocycles. The number of benzene rings is 2. The summed E-state index contributed by atoms with van der Waals surface area (Å²) in [5.41, 5.74) is 1.51. The topological polar surface area (TPSA) is 53.4 Å². The minimum Gasteiger partial charge on any atom is -0.387 e. The lowest BCUT2D eigenvalue weighted by atomic mass is 10.1. The second kappa shape index (κ2) is 8.58. The van der Waals surface area contributed by atoms with E-state index < -0.39 is 11.7 Å². The number of hydrogen-bond donors (Lipinski definition) is 1. The maximum Gasteiger partial charge on any atom is 0.416 e. The number of alkyl halides is 3. The summed E-state index contributed by atoms with van der Waals surface area (Å²) in [5.74, 6) is 0. The Labute approximate surface area is 177 Å². The quantitative estimate of drug-likeness (QED) is 0.672. The lowest BCUT2D eigenvalue weighted by molar-refractivity contribution is -0.137. The van der Waals surface area contributed by atoms with E-state index in [1.165, 1.54) is 12.1 Å². The fourth-order valence-corrected chi connectivity index (χ4v) is 3.91. The van der Waals surface area contributed by atoms with Gasteiger partial charge in [0.15, 0.2) is 0 Å². The molecule has 4 rings (SSSR count). The van der Waals surface area contributed by atoms with E-state index in [2.05, 4.69) is 20.1 Å². The van der Waals surface area contributed by atoms with Crippen LogP contribution in [0.25, 0.3) is 10.9 Å². The average molecular weight is 431 g/mol. The van der Waals surface area contributed by atoms with Gasteiger partial charge in [-0.15, -0.1) is 0 Å². The van der Waals surface area contributed by atoms with E-state index in [9.17, 15) is 18.0 Å². The summed E-state index contributed by atoms with van der Waals surface area (Å²) in [6, 6.07) is 10.8.